The molecule has 2 amide bonds. The highest BCUT2D eigenvalue weighted by molar-refractivity contribution is 5.91. The maximum Gasteiger partial charge on any atom is 0.289 e. The van der Waals surface area contributed by atoms with E-state index in [1.54, 1.807) is 21.8 Å². The molecule has 0 aliphatic carbocycles. The molecule has 1 aliphatic rings. The van der Waals surface area contributed by atoms with Crippen molar-refractivity contribution in [3.63, 3.8) is 0 Å². The van der Waals surface area contributed by atoms with Gasteiger partial charge >= 0.3 is 0 Å². The third-order valence-corrected chi connectivity index (χ3v) is 5.66. The molecule has 0 spiro atoms. The van der Waals surface area contributed by atoms with Gasteiger partial charge < -0.3 is 19.7 Å². The Labute approximate surface area is 180 Å². The van der Waals surface area contributed by atoms with E-state index >= 15 is 0 Å². The molecule has 3 aromatic heterocycles. The van der Waals surface area contributed by atoms with Gasteiger partial charge in [0.25, 0.3) is 11.7 Å². The van der Waals surface area contributed by atoms with Crippen molar-refractivity contribution in [3.8, 4) is 0 Å². The van der Waals surface area contributed by atoms with Crippen LogP contribution in [0, 0.1) is 13.8 Å². The quantitative estimate of drug-likeness (QED) is 0.647. The van der Waals surface area contributed by atoms with Gasteiger partial charge in [-0.3, -0.25) is 9.59 Å². The molecule has 3 aromatic rings. The largest absolute Gasteiger partial charge is 0.354 e. The van der Waals surface area contributed by atoms with Crippen molar-refractivity contribution in [3.05, 3.63) is 35.8 Å². The number of aryl methyl sites for hydroxylation is 2. The lowest BCUT2D eigenvalue weighted by Gasteiger charge is -2.31. The van der Waals surface area contributed by atoms with Crippen LogP contribution in [0.25, 0.3) is 5.78 Å². The first-order valence-electron chi connectivity index (χ1n) is 10.5. The summed E-state index contributed by atoms with van der Waals surface area (Å²) in [6.07, 6.45) is 5.16. The number of rotatable bonds is 3. The van der Waals surface area contributed by atoms with Crippen LogP contribution in [-0.4, -0.2) is 78.6 Å². The minimum absolute atomic E-state index is 0.0768. The average molecular weight is 425 g/mol. The van der Waals surface area contributed by atoms with Crippen molar-refractivity contribution >= 4 is 23.4 Å². The number of anilines is 1. The van der Waals surface area contributed by atoms with Crippen LogP contribution < -0.4 is 10.2 Å². The van der Waals surface area contributed by atoms with Gasteiger partial charge in [-0.25, -0.2) is 9.97 Å². The number of nitrogens with one attached hydrogen (secondary N) is 1. The normalized spacial score (nSPS) is 15.9. The molecule has 4 rings (SSSR count). The Morgan fingerprint density at radius 2 is 2.00 bits per heavy atom. The topological polar surface area (TPSA) is 114 Å². The minimum atomic E-state index is -0.172. The van der Waals surface area contributed by atoms with E-state index in [0.29, 0.717) is 50.9 Å². The molecule has 31 heavy (non-hydrogen) atoms. The van der Waals surface area contributed by atoms with E-state index in [9.17, 15) is 9.59 Å². The van der Waals surface area contributed by atoms with Gasteiger partial charge in [0.05, 0.1) is 0 Å². The number of hydrogen-bond donors (Lipinski definition) is 1. The number of fused-ring (bicyclic) bond motifs is 1. The lowest BCUT2D eigenvalue weighted by atomic mass is 10.2. The minimum Gasteiger partial charge on any atom is -0.354 e. The lowest BCUT2D eigenvalue weighted by molar-refractivity contribution is -0.121. The molecule has 0 saturated carbocycles. The van der Waals surface area contributed by atoms with E-state index in [1.165, 1.54) is 6.33 Å². The molecule has 1 fully saturated rings. The molecule has 0 atom stereocenters. The summed E-state index contributed by atoms with van der Waals surface area (Å²) in [7, 11) is 0. The smallest absolute Gasteiger partial charge is 0.289 e. The summed E-state index contributed by atoms with van der Waals surface area (Å²) in [6.45, 7) is 9.01. The third kappa shape index (κ3) is 4.07. The predicted octanol–water partition coefficient (Wildman–Crippen LogP) is 0.426. The van der Waals surface area contributed by atoms with Crippen molar-refractivity contribution in [1.29, 1.82) is 0 Å². The number of amides is 2. The molecule has 164 valence electrons. The highest BCUT2D eigenvalue weighted by atomic mass is 16.2. The van der Waals surface area contributed by atoms with Crippen LogP contribution in [-0.2, 0) is 11.3 Å². The number of hydrogen-bond acceptors (Lipinski definition) is 7. The summed E-state index contributed by atoms with van der Waals surface area (Å²) < 4.78 is 3.53. The number of carbonyl (C=O) groups excluding carboxylic acids is 2. The number of nitrogens with zero attached hydrogens (tertiary/aromatic N) is 8. The third-order valence-electron chi connectivity index (χ3n) is 5.66. The molecular formula is C20H27N9O2. The first kappa shape index (κ1) is 20.8. The fourth-order valence-corrected chi connectivity index (χ4v) is 3.83. The Bertz CT molecular complexity index is 1100. The van der Waals surface area contributed by atoms with Crippen LogP contribution >= 0.6 is 0 Å². The zero-order valence-electron chi connectivity index (χ0n) is 18.1. The standard InChI is InChI=1S/C20H27N9O2/c1-4-26-9-7-22-17(26)19(31)28-8-5-16(30)21-6-10-27(11-12-28)18-14(2)15(3)25-20-23-13-24-29(18)20/h7,9,13H,4-6,8,10-12H2,1-3H3,(H,21,30). The summed E-state index contributed by atoms with van der Waals surface area (Å²) in [4.78, 5) is 42.3. The Morgan fingerprint density at radius 3 is 2.81 bits per heavy atom. The predicted molar refractivity (Wildman–Crippen MR) is 114 cm³/mol. The summed E-state index contributed by atoms with van der Waals surface area (Å²) >= 11 is 0. The summed E-state index contributed by atoms with van der Waals surface area (Å²) in [6, 6.07) is 0. The van der Waals surface area contributed by atoms with Gasteiger partial charge in [-0.1, -0.05) is 0 Å². The van der Waals surface area contributed by atoms with Crippen LogP contribution in [0.4, 0.5) is 5.82 Å². The fourth-order valence-electron chi connectivity index (χ4n) is 3.83. The number of imidazole rings is 1. The zero-order chi connectivity index (χ0) is 22.0. The Morgan fingerprint density at radius 1 is 1.16 bits per heavy atom. The van der Waals surface area contributed by atoms with Crippen LogP contribution in [0.5, 0.6) is 0 Å². The first-order chi connectivity index (χ1) is 15.0. The molecular weight excluding hydrogens is 398 g/mol. The molecule has 11 nitrogen and oxygen atoms in total. The van der Waals surface area contributed by atoms with Crippen molar-refractivity contribution in [1.82, 2.24) is 39.3 Å². The molecule has 4 heterocycles. The van der Waals surface area contributed by atoms with Crippen molar-refractivity contribution in [2.45, 2.75) is 33.7 Å². The maximum absolute atomic E-state index is 13.2. The van der Waals surface area contributed by atoms with E-state index in [-0.39, 0.29) is 18.2 Å². The van der Waals surface area contributed by atoms with Crippen molar-refractivity contribution in [2.75, 3.05) is 37.6 Å². The first-order valence-corrected chi connectivity index (χ1v) is 10.5. The molecule has 1 saturated heterocycles. The maximum atomic E-state index is 13.2. The SMILES string of the molecule is CCn1ccnc1C(=O)N1CCC(=O)NCCN(c2c(C)c(C)nc3ncnn23)CC1. The zero-order valence-corrected chi connectivity index (χ0v) is 18.1. The molecule has 0 aromatic carbocycles. The number of aromatic nitrogens is 6. The highest BCUT2D eigenvalue weighted by Gasteiger charge is 2.24. The van der Waals surface area contributed by atoms with Gasteiger partial charge in [-0.05, 0) is 20.8 Å². The van der Waals surface area contributed by atoms with Gasteiger partial charge in [0.2, 0.25) is 5.91 Å². The molecule has 1 N–H and O–H groups in total. The van der Waals surface area contributed by atoms with E-state index in [2.05, 4.69) is 30.3 Å². The highest BCUT2D eigenvalue weighted by Crippen LogP contribution is 2.22. The summed E-state index contributed by atoms with van der Waals surface area (Å²) in [5.74, 6) is 1.54. The lowest BCUT2D eigenvalue weighted by Crippen LogP contribution is -2.46. The van der Waals surface area contributed by atoms with Crippen LogP contribution in [0.1, 0.15) is 35.2 Å². The van der Waals surface area contributed by atoms with E-state index in [0.717, 1.165) is 17.1 Å². The van der Waals surface area contributed by atoms with Gasteiger partial charge in [-0.2, -0.15) is 14.6 Å². The Hall–Kier alpha value is -3.50. The van der Waals surface area contributed by atoms with Gasteiger partial charge in [0.1, 0.15) is 12.1 Å². The second-order valence-corrected chi connectivity index (χ2v) is 7.53. The molecule has 1 aliphatic heterocycles. The van der Waals surface area contributed by atoms with Crippen LogP contribution in [0.3, 0.4) is 0 Å². The van der Waals surface area contributed by atoms with Gasteiger partial charge in [0, 0.05) is 69.3 Å². The molecule has 0 unspecified atom stereocenters. The van der Waals surface area contributed by atoms with Crippen molar-refractivity contribution < 1.29 is 9.59 Å². The number of carbonyl (C=O) groups is 2. The Kier molecular flexibility index (Phi) is 5.83. The summed E-state index contributed by atoms with van der Waals surface area (Å²) in [5, 5.41) is 7.29. The van der Waals surface area contributed by atoms with E-state index in [4.69, 9.17) is 0 Å². The van der Waals surface area contributed by atoms with Crippen LogP contribution in [0.2, 0.25) is 0 Å². The fraction of sp³-hybridized carbons (Fsp3) is 0.500. The second kappa shape index (κ2) is 8.70. The average Bonchev–Trinajstić information content (AvgIpc) is 3.42. The monoisotopic (exact) mass is 425 g/mol. The molecule has 11 heteroatoms. The molecule has 0 bridgehead atoms. The van der Waals surface area contributed by atoms with E-state index in [1.807, 2.05) is 25.3 Å². The summed E-state index contributed by atoms with van der Waals surface area (Å²) in [5.41, 5.74) is 1.86. The second-order valence-electron chi connectivity index (χ2n) is 7.53. The molecule has 0 radical (unpaired) electrons. The van der Waals surface area contributed by atoms with Crippen molar-refractivity contribution in [2.24, 2.45) is 0 Å². The van der Waals surface area contributed by atoms with Gasteiger partial charge in [0.15, 0.2) is 5.82 Å². The Balaban J connectivity index is 1.66. The van der Waals surface area contributed by atoms with E-state index < -0.39 is 0 Å². The van der Waals surface area contributed by atoms with Crippen LogP contribution in [0.15, 0.2) is 18.7 Å². The van der Waals surface area contributed by atoms with Gasteiger partial charge in [-0.15, -0.1) is 0 Å².